The van der Waals surface area contributed by atoms with Gasteiger partial charge in [-0.25, -0.2) is 13.1 Å². The quantitative estimate of drug-likeness (QED) is 0.696. The summed E-state index contributed by atoms with van der Waals surface area (Å²) < 4.78 is 27.7. The third-order valence-electron chi connectivity index (χ3n) is 5.12. The zero-order chi connectivity index (χ0) is 20.1. The number of nitrogens with one attached hydrogen (secondary N) is 1. The van der Waals surface area contributed by atoms with Gasteiger partial charge in [0.25, 0.3) is 0 Å². The van der Waals surface area contributed by atoms with Crippen LogP contribution in [0, 0.1) is 13.8 Å². The molecule has 3 rings (SSSR count). The van der Waals surface area contributed by atoms with Crippen LogP contribution >= 0.6 is 11.6 Å². The summed E-state index contributed by atoms with van der Waals surface area (Å²) in [7, 11) is -3.53. The van der Waals surface area contributed by atoms with Crippen molar-refractivity contribution in [1.29, 1.82) is 0 Å². The lowest BCUT2D eigenvalue weighted by Crippen LogP contribution is -2.47. The first-order chi connectivity index (χ1) is 13.3. The molecule has 1 heterocycles. The molecule has 0 unspecified atom stereocenters. The molecule has 0 aromatic heterocycles. The van der Waals surface area contributed by atoms with Crippen LogP contribution in [0.4, 0.5) is 5.69 Å². The van der Waals surface area contributed by atoms with Crippen LogP contribution in [-0.2, 0) is 10.0 Å². The molecule has 0 aliphatic carbocycles. The maximum Gasteiger partial charge on any atom is 0.240 e. The Morgan fingerprint density at radius 1 is 1.04 bits per heavy atom. The third kappa shape index (κ3) is 5.47. The summed E-state index contributed by atoms with van der Waals surface area (Å²) in [5.74, 6) is 0. The van der Waals surface area contributed by atoms with E-state index in [1.807, 2.05) is 0 Å². The van der Waals surface area contributed by atoms with E-state index >= 15 is 0 Å². The van der Waals surface area contributed by atoms with Gasteiger partial charge in [0, 0.05) is 43.4 Å². The van der Waals surface area contributed by atoms with E-state index in [0.29, 0.717) is 17.1 Å². The first-order valence-electron chi connectivity index (χ1n) is 9.65. The van der Waals surface area contributed by atoms with E-state index in [1.165, 1.54) is 17.3 Å². The molecule has 1 aliphatic heterocycles. The first-order valence-corrected chi connectivity index (χ1v) is 11.5. The third-order valence-corrected chi connectivity index (χ3v) is 6.96. The Balaban J connectivity index is 1.43. The molecule has 0 amide bonds. The number of piperazine rings is 1. The molecule has 1 fully saturated rings. The Hall–Kier alpha value is -1.60. The number of benzene rings is 2. The van der Waals surface area contributed by atoms with Gasteiger partial charge in [-0.1, -0.05) is 29.8 Å². The molecular formula is C21H28ClN3O2S. The van der Waals surface area contributed by atoms with Crippen LogP contribution in [0.3, 0.4) is 0 Å². The highest BCUT2D eigenvalue weighted by atomic mass is 35.5. The smallest absolute Gasteiger partial charge is 0.240 e. The minimum atomic E-state index is -3.53. The Morgan fingerprint density at radius 3 is 2.50 bits per heavy atom. The Kier molecular flexibility index (Phi) is 6.99. The maximum absolute atomic E-state index is 12.5. The van der Waals surface area contributed by atoms with Gasteiger partial charge >= 0.3 is 0 Å². The number of halogens is 1. The van der Waals surface area contributed by atoms with Gasteiger partial charge in [0.2, 0.25) is 10.0 Å². The fourth-order valence-electron chi connectivity index (χ4n) is 3.50. The van der Waals surface area contributed by atoms with Crippen molar-refractivity contribution in [2.45, 2.75) is 25.2 Å². The van der Waals surface area contributed by atoms with E-state index in [4.69, 9.17) is 11.6 Å². The van der Waals surface area contributed by atoms with E-state index in [1.54, 1.807) is 19.1 Å². The van der Waals surface area contributed by atoms with Crippen LogP contribution in [0.2, 0.25) is 5.02 Å². The second-order valence-electron chi connectivity index (χ2n) is 7.33. The van der Waals surface area contributed by atoms with Crippen molar-refractivity contribution in [2.24, 2.45) is 0 Å². The minimum absolute atomic E-state index is 0.256. The molecule has 5 nitrogen and oxygen atoms in total. The van der Waals surface area contributed by atoms with E-state index in [-0.39, 0.29) is 4.90 Å². The number of nitrogens with zero attached hydrogens (tertiary/aromatic N) is 2. The number of anilines is 1. The van der Waals surface area contributed by atoms with Gasteiger partial charge in [0.15, 0.2) is 0 Å². The molecule has 1 N–H and O–H groups in total. The standard InChI is InChI=1S/C21H28ClN3O2S/c1-17-5-3-6-20(15-17)25-13-11-24(12-14-25)10-4-9-23-28(26,27)21-16-19(22)8-7-18(21)2/h3,5-8,15-16,23H,4,9-14H2,1-2H3. The summed E-state index contributed by atoms with van der Waals surface area (Å²) >= 11 is 5.95. The summed E-state index contributed by atoms with van der Waals surface area (Å²) in [5.41, 5.74) is 3.26. The predicted molar refractivity (Wildman–Crippen MR) is 116 cm³/mol. The largest absolute Gasteiger partial charge is 0.369 e. The van der Waals surface area contributed by atoms with Crippen molar-refractivity contribution in [3.8, 4) is 0 Å². The van der Waals surface area contributed by atoms with Gasteiger partial charge in [-0.3, -0.25) is 4.90 Å². The van der Waals surface area contributed by atoms with Crippen LogP contribution in [0.15, 0.2) is 47.4 Å². The molecule has 2 aromatic carbocycles. The summed E-state index contributed by atoms with van der Waals surface area (Å²) in [6.45, 7) is 9.19. The lowest BCUT2D eigenvalue weighted by molar-refractivity contribution is 0.255. The molecule has 0 radical (unpaired) electrons. The number of hydrogen-bond acceptors (Lipinski definition) is 4. The molecule has 1 aliphatic rings. The van der Waals surface area contributed by atoms with Crippen LogP contribution in [0.25, 0.3) is 0 Å². The van der Waals surface area contributed by atoms with Gasteiger partial charge in [0.1, 0.15) is 0 Å². The van der Waals surface area contributed by atoms with Crippen molar-refractivity contribution < 1.29 is 8.42 Å². The van der Waals surface area contributed by atoms with Crippen LogP contribution in [0.1, 0.15) is 17.5 Å². The van der Waals surface area contributed by atoms with Gasteiger partial charge < -0.3 is 4.90 Å². The van der Waals surface area contributed by atoms with Crippen LogP contribution in [-0.4, -0.2) is 52.6 Å². The molecule has 2 aromatic rings. The second-order valence-corrected chi connectivity index (χ2v) is 9.50. The fraction of sp³-hybridized carbons (Fsp3) is 0.429. The predicted octanol–water partition coefficient (Wildman–Crippen LogP) is 3.45. The molecule has 152 valence electrons. The molecule has 0 saturated carbocycles. The Bertz CT molecular complexity index is 910. The molecule has 0 atom stereocenters. The van der Waals surface area contributed by atoms with Crippen molar-refractivity contribution in [3.63, 3.8) is 0 Å². The average molecular weight is 422 g/mol. The second kappa shape index (κ2) is 9.27. The van der Waals surface area contributed by atoms with Gasteiger partial charge in [-0.2, -0.15) is 0 Å². The summed E-state index contributed by atoms with van der Waals surface area (Å²) in [4.78, 5) is 5.06. The number of sulfonamides is 1. The first kappa shape index (κ1) is 21.1. The molecular weight excluding hydrogens is 394 g/mol. The highest BCUT2D eigenvalue weighted by Gasteiger charge is 2.19. The minimum Gasteiger partial charge on any atom is -0.369 e. The molecule has 1 saturated heterocycles. The number of hydrogen-bond donors (Lipinski definition) is 1. The maximum atomic E-state index is 12.5. The van der Waals surface area contributed by atoms with E-state index in [2.05, 4.69) is 45.7 Å². The average Bonchev–Trinajstić information content (AvgIpc) is 2.67. The van der Waals surface area contributed by atoms with Crippen LogP contribution in [0.5, 0.6) is 0 Å². The van der Waals surface area contributed by atoms with Gasteiger partial charge in [-0.05, 0) is 62.2 Å². The fourth-order valence-corrected chi connectivity index (χ4v) is 5.08. The van der Waals surface area contributed by atoms with Crippen molar-refractivity contribution >= 4 is 27.3 Å². The van der Waals surface area contributed by atoms with Crippen molar-refractivity contribution in [1.82, 2.24) is 9.62 Å². The highest BCUT2D eigenvalue weighted by molar-refractivity contribution is 7.89. The van der Waals surface area contributed by atoms with Crippen molar-refractivity contribution in [2.75, 3.05) is 44.2 Å². The molecule has 0 spiro atoms. The van der Waals surface area contributed by atoms with Crippen molar-refractivity contribution in [3.05, 3.63) is 58.6 Å². The topological polar surface area (TPSA) is 52.6 Å². The van der Waals surface area contributed by atoms with Gasteiger partial charge in [-0.15, -0.1) is 0 Å². The number of rotatable bonds is 7. The van der Waals surface area contributed by atoms with Crippen LogP contribution < -0.4 is 9.62 Å². The lowest BCUT2D eigenvalue weighted by Gasteiger charge is -2.36. The normalized spacial score (nSPS) is 15.8. The summed E-state index contributed by atoms with van der Waals surface area (Å²) in [6, 6.07) is 13.5. The van der Waals surface area contributed by atoms with E-state index in [0.717, 1.165) is 39.1 Å². The summed E-state index contributed by atoms with van der Waals surface area (Å²) in [6.07, 6.45) is 0.781. The lowest BCUT2D eigenvalue weighted by atomic mass is 10.2. The molecule has 0 bridgehead atoms. The summed E-state index contributed by atoms with van der Waals surface area (Å²) in [5, 5.41) is 0.428. The van der Waals surface area contributed by atoms with E-state index in [9.17, 15) is 8.42 Å². The SMILES string of the molecule is Cc1cccc(N2CCN(CCCNS(=O)(=O)c3cc(Cl)ccc3C)CC2)c1. The van der Waals surface area contributed by atoms with E-state index < -0.39 is 10.0 Å². The number of aryl methyl sites for hydroxylation is 2. The highest BCUT2D eigenvalue weighted by Crippen LogP contribution is 2.20. The zero-order valence-electron chi connectivity index (χ0n) is 16.5. The molecule has 28 heavy (non-hydrogen) atoms. The zero-order valence-corrected chi connectivity index (χ0v) is 18.1. The van der Waals surface area contributed by atoms with Gasteiger partial charge in [0.05, 0.1) is 4.90 Å². The Morgan fingerprint density at radius 2 is 1.79 bits per heavy atom. The Labute approximate surface area is 173 Å². The molecule has 7 heteroatoms. The monoisotopic (exact) mass is 421 g/mol.